The number of Topliss-reactive ketones (excluding diaryl/α,β-unsaturated/α-hetero) is 1. The molecule has 0 spiro atoms. The van der Waals surface area contributed by atoms with E-state index < -0.39 is 0 Å². The molecule has 1 aromatic carbocycles. The van der Waals surface area contributed by atoms with E-state index in [0.717, 1.165) is 6.42 Å². The first kappa shape index (κ1) is 11.4. The molecule has 15 heavy (non-hydrogen) atoms. The summed E-state index contributed by atoms with van der Waals surface area (Å²) in [5.74, 6) is -0.0533. The van der Waals surface area contributed by atoms with Crippen molar-refractivity contribution >= 4 is 5.78 Å². The summed E-state index contributed by atoms with van der Waals surface area (Å²) in [5.41, 5.74) is 6.70. The standard InChI is InChI=1S/C12H14N2O/c1-2-10(8-14)12(15)11-5-3-9(7-13)4-6-11/h3-6,10H,2,8,14H2,1H3. The first-order chi connectivity index (χ1) is 7.22. The van der Waals surface area contributed by atoms with E-state index in [0.29, 0.717) is 17.7 Å². The number of carbonyl (C=O) groups is 1. The second kappa shape index (κ2) is 5.28. The Morgan fingerprint density at radius 1 is 1.47 bits per heavy atom. The number of nitrogens with two attached hydrogens (primary N) is 1. The predicted octanol–water partition coefficient (Wildman–Crippen LogP) is 1.73. The van der Waals surface area contributed by atoms with Crippen molar-refractivity contribution < 1.29 is 4.79 Å². The third-order valence-corrected chi connectivity index (χ3v) is 2.45. The number of hydrogen-bond donors (Lipinski definition) is 1. The summed E-state index contributed by atoms with van der Waals surface area (Å²) in [6, 6.07) is 8.67. The Balaban J connectivity index is 2.88. The van der Waals surface area contributed by atoms with E-state index in [4.69, 9.17) is 11.0 Å². The van der Waals surface area contributed by atoms with Crippen molar-refractivity contribution in [1.82, 2.24) is 0 Å². The summed E-state index contributed by atoms with van der Waals surface area (Å²) in [4.78, 5) is 11.8. The molecular weight excluding hydrogens is 188 g/mol. The first-order valence-electron chi connectivity index (χ1n) is 4.97. The molecule has 0 saturated carbocycles. The van der Waals surface area contributed by atoms with Gasteiger partial charge >= 0.3 is 0 Å². The molecule has 0 amide bonds. The zero-order chi connectivity index (χ0) is 11.3. The highest BCUT2D eigenvalue weighted by Crippen LogP contribution is 2.12. The second-order valence-electron chi connectivity index (χ2n) is 3.39. The van der Waals surface area contributed by atoms with Gasteiger partial charge in [-0.1, -0.05) is 19.1 Å². The van der Waals surface area contributed by atoms with Gasteiger partial charge in [-0.3, -0.25) is 4.79 Å². The number of ketones is 1. The molecule has 0 bridgehead atoms. The molecule has 1 atom stereocenters. The van der Waals surface area contributed by atoms with Gasteiger partial charge in [0, 0.05) is 18.0 Å². The summed E-state index contributed by atoms with van der Waals surface area (Å²) in [7, 11) is 0. The van der Waals surface area contributed by atoms with Crippen LogP contribution < -0.4 is 5.73 Å². The minimum atomic E-state index is -0.113. The van der Waals surface area contributed by atoms with Crippen LogP contribution in [0.1, 0.15) is 29.3 Å². The van der Waals surface area contributed by atoms with Gasteiger partial charge in [0.2, 0.25) is 0 Å². The van der Waals surface area contributed by atoms with Crippen molar-refractivity contribution in [3.63, 3.8) is 0 Å². The van der Waals surface area contributed by atoms with Crippen LogP contribution in [0.2, 0.25) is 0 Å². The lowest BCUT2D eigenvalue weighted by Crippen LogP contribution is -2.22. The van der Waals surface area contributed by atoms with Crippen molar-refractivity contribution in [3.8, 4) is 6.07 Å². The summed E-state index contributed by atoms with van der Waals surface area (Å²) < 4.78 is 0. The lowest BCUT2D eigenvalue weighted by Gasteiger charge is -2.10. The first-order valence-corrected chi connectivity index (χ1v) is 4.97. The Hall–Kier alpha value is -1.66. The zero-order valence-corrected chi connectivity index (χ0v) is 8.73. The molecule has 1 rings (SSSR count). The lowest BCUT2D eigenvalue weighted by atomic mass is 9.95. The molecule has 0 saturated heterocycles. The molecule has 2 N–H and O–H groups in total. The smallest absolute Gasteiger partial charge is 0.167 e. The van der Waals surface area contributed by atoms with Crippen molar-refractivity contribution in [1.29, 1.82) is 5.26 Å². The van der Waals surface area contributed by atoms with E-state index in [9.17, 15) is 4.79 Å². The van der Waals surface area contributed by atoms with Crippen molar-refractivity contribution in [3.05, 3.63) is 35.4 Å². The number of nitriles is 1. The Morgan fingerprint density at radius 2 is 2.07 bits per heavy atom. The van der Waals surface area contributed by atoms with E-state index in [1.54, 1.807) is 24.3 Å². The molecule has 0 aliphatic carbocycles. The molecule has 0 radical (unpaired) electrons. The summed E-state index contributed by atoms with van der Waals surface area (Å²) >= 11 is 0. The van der Waals surface area contributed by atoms with Gasteiger partial charge in [0.25, 0.3) is 0 Å². The van der Waals surface area contributed by atoms with Crippen molar-refractivity contribution in [2.75, 3.05) is 6.54 Å². The van der Waals surface area contributed by atoms with E-state index >= 15 is 0 Å². The second-order valence-corrected chi connectivity index (χ2v) is 3.39. The van der Waals surface area contributed by atoms with E-state index in [1.807, 2.05) is 13.0 Å². The van der Waals surface area contributed by atoms with E-state index in [-0.39, 0.29) is 11.7 Å². The van der Waals surface area contributed by atoms with Gasteiger partial charge in [0.05, 0.1) is 11.6 Å². The lowest BCUT2D eigenvalue weighted by molar-refractivity contribution is 0.0921. The highest BCUT2D eigenvalue weighted by atomic mass is 16.1. The van der Waals surface area contributed by atoms with Crippen LogP contribution in [0.5, 0.6) is 0 Å². The molecule has 0 fully saturated rings. The molecule has 3 nitrogen and oxygen atoms in total. The highest BCUT2D eigenvalue weighted by Gasteiger charge is 2.16. The van der Waals surface area contributed by atoms with Crippen LogP contribution >= 0.6 is 0 Å². The molecular formula is C12H14N2O. The third-order valence-electron chi connectivity index (χ3n) is 2.45. The van der Waals surface area contributed by atoms with Gasteiger partial charge in [0.1, 0.15) is 0 Å². The normalized spacial score (nSPS) is 11.8. The topological polar surface area (TPSA) is 66.9 Å². The summed E-state index contributed by atoms with van der Waals surface area (Å²) in [6.45, 7) is 2.31. The number of hydrogen-bond acceptors (Lipinski definition) is 3. The molecule has 1 unspecified atom stereocenters. The van der Waals surface area contributed by atoms with Crippen molar-refractivity contribution in [2.45, 2.75) is 13.3 Å². The molecule has 78 valence electrons. The van der Waals surface area contributed by atoms with Gasteiger partial charge in [-0.15, -0.1) is 0 Å². The van der Waals surface area contributed by atoms with Crippen LogP contribution in [0.25, 0.3) is 0 Å². The van der Waals surface area contributed by atoms with Crippen LogP contribution in [0.3, 0.4) is 0 Å². The maximum absolute atomic E-state index is 11.8. The van der Waals surface area contributed by atoms with Crippen LogP contribution in [-0.2, 0) is 0 Å². The molecule has 1 aromatic rings. The minimum absolute atomic E-state index is 0.0597. The maximum atomic E-state index is 11.8. The number of benzene rings is 1. The average molecular weight is 202 g/mol. The number of nitrogens with zero attached hydrogens (tertiary/aromatic N) is 1. The monoisotopic (exact) mass is 202 g/mol. The zero-order valence-electron chi connectivity index (χ0n) is 8.73. The van der Waals surface area contributed by atoms with Gasteiger partial charge < -0.3 is 5.73 Å². The Morgan fingerprint density at radius 3 is 2.47 bits per heavy atom. The third kappa shape index (κ3) is 2.64. The quantitative estimate of drug-likeness (QED) is 0.756. The highest BCUT2D eigenvalue weighted by molar-refractivity contribution is 5.98. The van der Waals surface area contributed by atoms with E-state index in [2.05, 4.69) is 0 Å². The van der Waals surface area contributed by atoms with Crippen LogP contribution in [0.4, 0.5) is 0 Å². The Kier molecular flexibility index (Phi) is 4.02. The summed E-state index contributed by atoms with van der Waals surface area (Å²) in [6.07, 6.45) is 0.745. The van der Waals surface area contributed by atoms with Gasteiger partial charge in [-0.2, -0.15) is 5.26 Å². The SMILES string of the molecule is CCC(CN)C(=O)c1ccc(C#N)cc1. The fourth-order valence-electron chi connectivity index (χ4n) is 1.40. The van der Waals surface area contributed by atoms with Crippen molar-refractivity contribution in [2.24, 2.45) is 11.7 Å². The molecule has 0 aromatic heterocycles. The number of rotatable bonds is 4. The van der Waals surface area contributed by atoms with Gasteiger partial charge in [-0.05, 0) is 18.6 Å². The van der Waals surface area contributed by atoms with Crippen LogP contribution in [0, 0.1) is 17.2 Å². The molecule has 0 aliphatic heterocycles. The molecule has 3 heteroatoms. The average Bonchev–Trinajstić information content (AvgIpc) is 2.30. The van der Waals surface area contributed by atoms with E-state index in [1.165, 1.54) is 0 Å². The van der Waals surface area contributed by atoms with Gasteiger partial charge in [-0.25, -0.2) is 0 Å². The van der Waals surface area contributed by atoms with Crippen LogP contribution in [-0.4, -0.2) is 12.3 Å². The fourth-order valence-corrected chi connectivity index (χ4v) is 1.40. The summed E-state index contributed by atoms with van der Waals surface area (Å²) in [5, 5.41) is 8.61. The maximum Gasteiger partial charge on any atom is 0.167 e. The van der Waals surface area contributed by atoms with Crippen LogP contribution in [0.15, 0.2) is 24.3 Å². The fraction of sp³-hybridized carbons (Fsp3) is 0.333. The minimum Gasteiger partial charge on any atom is -0.330 e. The molecule has 0 aliphatic rings. The Labute approximate surface area is 89.5 Å². The number of carbonyl (C=O) groups excluding carboxylic acids is 1. The Bertz CT molecular complexity index is 372. The predicted molar refractivity (Wildman–Crippen MR) is 58.3 cm³/mol. The largest absolute Gasteiger partial charge is 0.330 e. The van der Waals surface area contributed by atoms with Gasteiger partial charge in [0.15, 0.2) is 5.78 Å². The molecule has 0 heterocycles.